The van der Waals surface area contributed by atoms with Crippen molar-refractivity contribution in [2.75, 3.05) is 19.3 Å². The highest BCUT2D eigenvalue weighted by atomic mass is 79.9. The molecule has 0 aliphatic rings. The molecule has 0 bridgehead atoms. The predicted octanol–water partition coefficient (Wildman–Crippen LogP) is 2.31. The zero-order chi connectivity index (χ0) is 13.2. The standard InChI is InChI=1S/C11H17BrN2O2S/c1-8(2)7-14(3)17(15,16)11-6-9(13)4-5-10(11)12/h4-6,8H,7,13H2,1-3H3. The van der Waals surface area contributed by atoms with Gasteiger partial charge in [0.1, 0.15) is 0 Å². The van der Waals surface area contributed by atoms with Crippen LogP contribution in [0.3, 0.4) is 0 Å². The molecule has 4 nitrogen and oxygen atoms in total. The zero-order valence-corrected chi connectivity index (χ0v) is 12.5. The maximum absolute atomic E-state index is 12.3. The number of sulfonamides is 1. The lowest BCUT2D eigenvalue weighted by Gasteiger charge is -2.20. The first-order valence-electron chi connectivity index (χ1n) is 5.26. The van der Waals surface area contributed by atoms with E-state index in [0.717, 1.165) is 0 Å². The van der Waals surface area contributed by atoms with Gasteiger partial charge in [0, 0.05) is 23.8 Å². The molecule has 0 amide bonds. The number of nitrogens with zero attached hydrogens (tertiary/aromatic N) is 1. The minimum Gasteiger partial charge on any atom is -0.399 e. The number of nitrogens with two attached hydrogens (primary N) is 1. The summed E-state index contributed by atoms with van der Waals surface area (Å²) in [6.45, 7) is 4.42. The van der Waals surface area contributed by atoms with E-state index in [1.165, 1.54) is 10.4 Å². The molecule has 2 N–H and O–H groups in total. The smallest absolute Gasteiger partial charge is 0.244 e. The molecule has 17 heavy (non-hydrogen) atoms. The molecule has 96 valence electrons. The van der Waals surface area contributed by atoms with Crippen LogP contribution in [0.25, 0.3) is 0 Å². The first-order valence-corrected chi connectivity index (χ1v) is 7.50. The monoisotopic (exact) mass is 320 g/mol. The Kier molecular flexibility index (Phi) is 4.57. The molecule has 0 saturated carbocycles. The van der Waals surface area contributed by atoms with Crippen LogP contribution in [0, 0.1) is 5.92 Å². The van der Waals surface area contributed by atoms with Crippen LogP contribution in [0.2, 0.25) is 0 Å². The molecular weight excluding hydrogens is 304 g/mol. The van der Waals surface area contributed by atoms with Crippen molar-refractivity contribution in [2.45, 2.75) is 18.7 Å². The molecule has 0 fully saturated rings. The molecule has 0 aliphatic carbocycles. The average Bonchev–Trinajstić information content (AvgIpc) is 2.20. The molecule has 0 atom stereocenters. The number of nitrogen functional groups attached to an aromatic ring is 1. The van der Waals surface area contributed by atoms with Crippen molar-refractivity contribution < 1.29 is 8.42 Å². The highest BCUT2D eigenvalue weighted by Gasteiger charge is 2.23. The fourth-order valence-electron chi connectivity index (χ4n) is 1.50. The average molecular weight is 321 g/mol. The molecule has 6 heteroatoms. The van der Waals surface area contributed by atoms with Gasteiger partial charge in [-0.3, -0.25) is 0 Å². The topological polar surface area (TPSA) is 63.4 Å². The number of hydrogen-bond acceptors (Lipinski definition) is 3. The number of rotatable bonds is 4. The fraction of sp³-hybridized carbons (Fsp3) is 0.455. The van der Waals surface area contributed by atoms with Crippen LogP contribution < -0.4 is 5.73 Å². The van der Waals surface area contributed by atoms with Crippen molar-refractivity contribution >= 4 is 31.6 Å². The zero-order valence-electron chi connectivity index (χ0n) is 10.1. The van der Waals surface area contributed by atoms with Gasteiger partial charge in [-0.15, -0.1) is 0 Å². The number of anilines is 1. The summed E-state index contributed by atoms with van der Waals surface area (Å²) in [5, 5.41) is 0. The van der Waals surface area contributed by atoms with Gasteiger partial charge in [0.05, 0.1) is 4.90 Å². The van der Waals surface area contributed by atoms with Crippen LogP contribution >= 0.6 is 15.9 Å². The lowest BCUT2D eigenvalue weighted by molar-refractivity contribution is 0.417. The largest absolute Gasteiger partial charge is 0.399 e. The summed E-state index contributed by atoms with van der Waals surface area (Å²) in [4.78, 5) is 0.209. The van der Waals surface area contributed by atoms with Crippen molar-refractivity contribution in [1.29, 1.82) is 0 Å². The van der Waals surface area contributed by atoms with Gasteiger partial charge in [-0.1, -0.05) is 13.8 Å². The first-order chi connectivity index (χ1) is 7.75. The fourth-order valence-corrected chi connectivity index (χ4v) is 3.79. The Morgan fingerprint density at radius 1 is 1.41 bits per heavy atom. The Morgan fingerprint density at radius 3 is 2.53 bits per heavy atom. The van der Waals surface area contributed by atoms with Gasteiger partial charge in [-0.05, 0) is 40.0 Å². The number of benzene rings is 1. The number of hydrogen-bond donors (Lipinski definition) is 1. The van der Waals surface area contributed by atoms with E-state index in [2.05, 4.69) is 15.9 Å². The predicted molar refractivity (Wildman–Crippen MR) is 73.2 cm³/mol. The van der Waals surface area contributed by atoms with Crippen molar-refractivity contribution in [1.82, 2.24) is 4.31 Å². The van der Waals surface area contributed by atoms with Gasteiger partial charge in [0.2, 0.25) is 10.0 Å². The normalized spacial score (nSPS) is 12.4. The van der Waals surface area contributed by atoms with Gasteiger partial charge in [-0.2, -0.15) is 0 Å². The van der Waals surface area contributed by atoms with E-state index in [0.29, 0.717) is 16.7 Å². The van der Waals surface area contributed by atoms with Crippen LogP contribution in [0.4, 0.5) is 5.69 Å². The molecule has 0 saturated heterocycles. The highest BCUT2D eigenvalue weighted by Crippen LogP contribution is 2.26. The van der Waals surface area contributed by atoms with Crippen LogP contribution in [-0.2, 0) is 10.0 Å². The summed E-state index contributed by atoms with van der Waals surface area (Å²) in [6, 6.07) is 4.77. The minimum atomic E-state index is -3.48. The third-order valence-corrected chi connectivity index (χ3v) is 5.08. The van der Waals surface area contributed by atoms with Gasteiger partial charge < -0.3 is 5.73 Å². The van der Waals surface area contributed by atoms with Crippen LogP contribution in [0.15, 0.2) is 27.6 Å². The van der Waals surface area contributed by atoms with Gasteiger partial charge >= 0.3 is 0 Å². The Bertz CT molecular complexity index is 500. The van der Waals surface area contributed by atoms with E-state index in [9.17, 15) is 8.42 Å². The summed E-state index contributed by atoms with van der Waals surface area (Å²) >= 11 is 3.24. The Balaban J connectivity index is 3.17. The van der Waals surface area contributed by atoms with E-state index < -0.39 is 10.0 Å². The molecule has 0 unspecified atom stereocenters. The molecule has 0 aromatic heterocycles. The van der Waals surface area contributed by atoms with Crippen molar-refractivity contribution in [3.05, 3.63) is 22.7 Å². The quantitative estimate of drug-likeness (QED) is 0.866. The van der Waals surface area contributed by atoms with Crippen molar-refractivity contribution in [3.63, 3.8) is 0 Å². The minimum absolute atomic E-state index is 0.209. The molecule has 1 rings (SSSR count). The first kappa shape index (κ1) is 14.5. The second kappa shape index (κ2) is 5.37. The molecule has 0 radical (unpaired) electrons. The molecule has 0 spiro atoms. The van der Waals surface area contributed by atoms with Crippen molar-refractivity contribution in [3.8, 4) is 0 Å². The summed E-state index contributed by atoms with van der Waals surface area (Å²) in [5.74, 6) is 0.273. The van der Waals surface area contributed by atoms with E-state index in [1.54, 1.807) is 19.2 Å². The maximum atomic E-state index is 12.3. The van der Waals surface area contributed by atoms with Crippen LogP contribution in [0.1, 0.15) is 13.8 Å². The Hall–Kier alpha value is -0.590. The van der Waals surface area contributed by atoms with Crippen LogP contribution in [0.5, 0.6) is 0 Å². The van der Waals surface area contributed by atoms with Gasteiger partial charge in [0.15, 0.2) is 0 Å². The molecule has 1 aromatic carbocycles. The van der Waals surface area contributed by atoms with E-state index >= 15 is 0 Å². The summed E-state index contributed by atoms with van der Waals surface area (Å²) in [7, 11) is -1.91. The third-order valence-electron chi connectivity index (χ3n) is 2.27. The van der Waals surface area contributed by atoms with E-state index in [4.69, 9.17) is 5.73 Å². The molecular formula is C11H17BrN2O2S. The van der Waals surface area contributed by atoms with E-state index in [-0.39, 0.29) is 10.8 Å². The number of halogens is 1. The van der Waals surface area contributed by atoms with Crippen molar-refractivity contribution in [2.24, 2.45) is 5.92 Å². The summed E-state index contributed by atoms with van der Waals surface area (Å²) in [5.41, 5.74) is 6.06. The maximum Gasteiger partial charge on any atom is 0.244 e. The van der Waals surface area contributed by atoms with E-state index in [1.807, 2.05) is 13.8 Å². The SMILES string of the molecule is CC(C)CN(C)S(=O)(=O)c1cc(N)ccc1Br. The lowest BCUT2D eigenvalue weighted by Crippen LogP contribution is -2.30. The second-order valence-corrected chi connectivity index (χ2v) is 7.24. The molecule has 0 heterocycles. The molecule has 0 aliphatic heterocycles. The second-order valence-electron chi connectivity index (χ2n) is 4.37. The van der Waals surface area contributed by atoms with Crippen LogP contribution in [-0.4, -0.2) is 26.3 Å². The third kappa shape index (κ3) is 3.43. The lowest BCUT2D eigenvalue weighted by atomic mass is 10.2. The summed E-state index contributed by atoms with van der Waals surface area (Å²) < 4.78 is 26.4. The Labute approximate surface area is 111 Å². The molecule has 1 aromatic rings. The highest BCUT2D eigenvalue weighted by molar-refractivity contribution is 9.10. The van der Waals surface area contributed by atoms with Gasteiger partial charge in [-0.25, -0.2) is 12.7 Å². The van der Waals surface area contributed by atoms with Gasteiger partial charge in [0.25, 0.3) is 0 Å². The summed E-state index contributed by atoms with van der Waals surface area (Å²) in [6.07, 6.45) is 0. The Morgan fingerprint density at radius 2 is 2.00 bits per heavy atom.